The minimum atomic E-state index is -0.681. The van der Waals surface area contributed by atoms with E-state index in [2.05, 4.69) is 0 Å². The van der Waals surface area contributed by atoms with E-state index < -0.39 is 6.16 Å². The van der Waals surface area contributed by atoms with Crippen LogP contribution in [0.3, 0.4) is 0 Å². The van der Waals surface area contributed by atoms with E-state index >= 15 is 0 Å². The average Bonchev–Trinajstić information content (AvgIpc) is 2.15. The number of aromatic nitrogens is 1. The van der Waals surface area contributed by atoms with Crippen molar-refractivity contribution in [2.45, 2.75) is 20.8 Å². The number of hydrogen-bond donors (Lipinski definition) is 0. The first-order chi connectivity index (χ1) is 7.08. The van der Waals surface area contributed by atoms with Crippen LogP contribution in [0.2, 0.25) is 0 Å². The van der Waals surface area contributed by atoms with Crippen molar-refractivity contribution in [2.75, 3.05) is 6.61 Å². The number of nitrogens with zero attached hydrogens (tertiary/aromatic N) is 1. The van der Waals surface area contributed by atoms with Gasteiger partial charge in [-0.15, -0.1) is 4.84 Å². The predicted molar refractivity (Wildman–Crippen MR) is 54.1 cm³/mol. The van der Waals surface area contributed by atoms with E-state index in [0.29, 0.717) is 12.5 Å². The van der Waals surface area contributed by atoms with Crippen molar-refractivity contribution in [3.63, 3.8) is 0 Å². The first-order valence-electron chi connectivity index (χ1n) is 4.91. The van der Waals surface area contributed by atoms with Gasteiger partial charge in [0.1, 0.15) is 0 Å². The second-order valence-corrected chi connectivity index (χ2v) is 3.79. The number of pyridine rings is 1. The standard InChI is InChI=1S/C11H16NO3/c1-9(2)8-14-11(13)15-12-6-4-5-10(3)7-12/h4-7,9H,8H2,1-3H3/q+1. The van der Waals surface area contributed by atoms with E-state index in [9.17, 15) is 4.79 Å². The van der Waals surface area contributed by atoms with Crippen LogP contribution in [0.4, 0.5) is 4.79 Å². The van der Waals surface area contributed by atoms with Gasteiger partial charge in [-0.25, -0.2) is 0 Å². The van der Waals surface area contributed by atoms with E-state index in [-0.39, 0.29) is 0 Å². The molecule has 0 radical (unpaired) electrons. The molecule has 0 bridgehead atoms. The summed E-state index contributed by atoms with van der Waals surface area (Å²) in [6.45, 7) is 6.21. The van der Waals surface area contributed by atoms with Crippen molar-refractivity contribution < 1.29 is 19.1 Å². The van der Waals surface area contributed by atoms with E-state index in [1.165, 1.54) is 4.73 Å². The molecule has 0 saturated carbocycles. The highest BCUT2D eigenvalue weighted by atomic mass is 16.8. The fraction of sp³-hybridized carbons (Fsp3) is 0.455. The Morgan fingerprint density at radius 1 is 1.53 bits per heavy atom. The van der Waals surface area contributed by atoms with Gasteiger partial charge in [0.2, 0.25) is 12.4 Å². The lowest BCUT2D eigenvalue weighted by atomic mass is 10.2. The SMILES string of the molecule is Cc1ccc[n+](OC(=O)OCC(C)C)c1. The maximum absolute atomic E-state index is 11.2. The third-order valence-corrected chi connectivity index (χ3v) is 1.64. The summed E-state index contributed by atoms with van der Waals surface area (Å²) in [4.78, 5) is 16.1. The molecule has 4 nitrogen and oxygen atoms in total. The van der Waals surface area contributed by atoms with Crippen LogP contribution in [0.5, 0.6) is 0 Å². The Bertz CT molecular complexity index is 336. The summed E-state index contributed by atoms with van der Waals surface area (Å²) in [5, 5.41) is 0. The van der Waals surface area contributed by atoms with Gasteiger partial charge in [-0.1, -0.05) is 13.8 Å². The molecule has 0 saturated heterocycles. The number of ether oxygens (including phenoxy) is 1. The highest BCUT2D eigenvalue weighted by Gasteiger charge is 2.12. The third-order valence-electron chi connectivity index (χ3n) is 1.64. The largest absolute Gasteiger partial charge is 0.572 e. The molecule has 0 atom stereocenters. The lowest BCUT2D eigenvalue weighted by Crippen LogP contribution is -2.45. The van der Waals surface area contributed by atoms with Gasteiger partial charge in [-0.05, 0) is 18.9 Å². The second kappa shape index (κ2) is 5.34. The summed E-state index contributed by atoms with van der Waals surface area (Å²) in [6, 6.07) is 3.71. The molecule has 0 aliphatic heterocycles. The van der Waals surface area contributed by atoms with Crippen molar-refractivity contribution >= 4 is 6.16 Å². The first kappa shape index (κ1) is 11.5. The van der Waals surface area contributed by atoms with Crippen LogP contribution >= 0.6 is 0 Å². The van der Waals surface area contributed by atoms with Crippen LogP contribution in [0.1, 0.15) is 19.4 Å². The van der Waals surface area contributed by atoms with Crippen LogP contribution in [0.15, 0.2) is 24.5 Å². The predicted octanol–water partition coefficient (Wildman–Crippen LogP) is 1.50. The molecule has 82 valence electrons. The Morgan fingerprint density at radius 2 is 2.27 bits per heavy atom. The monoisotopic (exact) mass is 210 g/mol. The van der Waals surface area contributed by atoms with E-state index in [4.69, 9.17) is 9.57 Å². The van der Waals surface area contributed by atoms with E-state index in [1.807, 2.05) is 26.8 Å². The molecule has 1 heterocycles. The maximum atomic E-state index is 11.2. The zero-order valence-corrected chi connectivity index (χ0v) is 9.27. The Balaban J connectivity index is 2.44. The molecule has 0 amide bonds. The molecule has 0 aromatic carbocycles. The molecular formula is C11H16NO3+. The highest BCUT2D eigenvalue weighted by Crippen LogP contribution is 1.93. The van der Waals surface area contributed by atoms with Gasteiger partial charge in [0, 0.05) is 16.4 Å². The second-order valence-electron chi connectivity index (χ2n) is 3.79. The van der Waals surface area contributed by atoms with Crippen LogP contribution in [-0.4, -0.2) is 12.8 Å². The van der Waals surface area contributed by atoms with Crippen LogP contribution < -0.4 is 9.57 Å². The Kier molecular flexibility index (Phi) is 4.09. The molecule has 4 heteroatoms. The highest BCUT2D eigenvalue weighted by molar-refractivity contribution is 5.59. The molecule has 15 heavy (non-hydrogen) atoms. The topological polar surface area (TPSA) is 39.4 Å². The zero-order valence-electron chi connectivity index (χ0n) is 9.27. The molecule has 0 N–H and O–H groups in total. The molecule has 0 spiro atoms. The average molecular weight is 210 g/mol. The molecule has 1 aromatic heterocycles. The van der Waals surface area contributed by atoms with Gasteiger partial charge in [0.25, 0.3) is 0 Å². The fourth-order valence-corrected chi connectivity index (χ4v) is 0.970. The van der Waals surface area contributed by atoms with Crippen molar-refractivity contribution in [3.8, 4) is 0 Å². The molecule has 0 unspecified atom stereocenters. The van der Waals surface area contributed by atoms with Gasteiger partial charge in [-0.3, -0.25) is 0 Å². The number of hydrogen-bond acceptors (Lipinski definition) is 3. The Hall–Kier alpha value is -1.58. The normalized spacial score (nSPS) is 10.1. The van der Waals surface area contributed by atoms with Crippen molar-refractivity contribution in [1.82, 2.24) is 0 Å². The zero-order chi connectivity index (χ0) is 11.3. The Labute approximate surface area is 89.4 Å². The summed E-state index contributed by atoms with van der Waals surface area (Å²) in [5.74, 6) is 0.306. The minimum Gasteiger partial charge on any atom is -0.430 e. The van der Waals surface area contributed by atoms with Gasteiger partial charge in [0.15, 0.2) is 0 Å². The molecule has 0 fully saturated rings. The maximum Gasteiger partial charge on any atom is 0.572 e. The van der Waals surface area contributed by atoms with Gasteiger partial charge in [-0.2, -0.15) is 4.79 Å². The molecule has 0 aliphatic rings. The molecule has 0 aliphatic carbocycles. The summed E-state index contributed by atoms with van der Waals surface area (Å²) in [7, 11) is 0. The lowest BCUT2D eigenvalue weighted by molar-refractivity contribution is -0.870. The number of rotatable bonds is 3. The summed E-state index contributed by atoms with van der Waals surface area (Å²) in [6.07, 6.45) is 2.67. The van der Waals surface area contributed by atoms with Crippen molar-refractivity contribution in [1.29, 1.82) is 0 Å². The fourth-order valence-electron chi connectivity index (χ4n) is 0.970. The van der Waals surface area contributed by atoms with Gasteiger partial charge < -0.3 is 4.74 Å². The van der Waals surface area contributed by atoms with Gasteiger partial charge >= 0.3 is 6.16 Å². The minimum absolute atomic E-state index is 0.306. The first-order valence-corrected chi connectivity index (χ1v) is 4.91. The number of aryl methyl sites for hydroxylation is 1. The summed E-state index contributed by atoms with van der Waals surface area (Å²) < 4.78 is 6.20. The summed E-state index contributed by atoms with van der Waals surface area (Å²) >= 11 is 0. The number of carbonyl (C=O) groups excluding carboxylic acids is 1. The lowest BCUT2D eigenvalue weighted by Gasteiger charge is -2.03. The van der Waals surface area contributed by atoms with Crippen LogP contribution in [0, 0.1) is 12.8 Å². The van der Waals surface area contributed by atoms with Crippen LogP contribution in [-0.2, 0) is 4.74 Å². The van der Waals surface area contributed by atoms with Crippen molar-refractivity contribution in [3.05, 3.63) is 30.1 Å². The van der Waals surface area contributed by atoms with Crippen molar-refractivity contribution in [2.24, 2.45) is 5.92 Å². The van der Waals surface area contributed by atoms with E-state index in [1.54, 1.807) is 18.5 Å². The Morgan fingerprint density at radius 3 is 2.87 bits per heavy atom. The summed E-state index contributed by atoms with van der Waals surface area (Å²) in [5.41, 5.74) is 1.01. The smallest absolute Gasteiger partial charge is 0.430 e. The van der Waals surface area contributed by atoms with Gasteiger partial charge in [0.05, 0.1) is 6.61 Å². The quantitative estimate of drug-likeness (QED) is 0.560. The molecular weight excluding hydrogens is 194 g/mol. The molecule has 1 aromatic rings. The molecule has 1 rings (SSSR count). The van der Waals surface area contributed by atoms with Crippen LogP contribution in [0.25, 0.3) is 0 Å². The number of carbonyl (C=O) groups is 1. The third kappa shape index (κ3) is 4.44. The van der Waals surface area contributed by atoms with E-state index in [0.717, 1.165) is 5.56 Å².